The van der Waals surface area contributed by atoms with Gasteiger partial charge in [0.25, 0.3) is 0 Å². The smallest absolute Gasteiger partial charge is 0.0666 e. The van der Waals surface area contributed by atoms with Crippen molar-refractivity contribution in [2.45, 2.75) is 79.0 Å². The Morgan fingerprint density at radius 2 is 1.90 bits per heavy atom. The van der Waals surface area contributed by atoms with Crippen LogP contribution in [0.5, 0.6) is 0 Å². The Balaban J connectivity index is 2.89. The van der Waals surface area contributed by atoms with Crippen LogP contribution in [-0.4, -0.2) is 28.5 Å². The van der Waals surface area contributed by atoms with Gasteiger partial charge in [-0.2, -0.15) is 5.10 Å². The van der Waals surface area contributed by atoms with Crippen LogP contribution in [0.1, 0.15) is 58.0 Å². The van der Waals surface area contributed by atoms with Gasteiger partial charge in [-0.25, -0.2) is 0 Å². The van der Waals surface area contributed by atoms with E-state index in [9.17, 15) is 0 Å². The van der Waals surface area contributed by atoms with Crippen LogP contribution in [0.2, 0.25) is 0 Å². The first-order valence-electron chi connectivity index (χ1n) is 7.97. The number of rotatable bonds is 9. The number of hydrogen-bond donors (Lipinski definition) is 1. The summed E-state index contributed by atoms with van der Waals surface area (Å²) in [5, 5.41) is 4.76. The van der Waals surface area contributed by atoms with Gasteiger partial charge >= 0.3 is 0 Å². The molecule has 0 aromatic carbocycles. The predicted octanol–water partition coefficient (Wildman–Crippen LogP) is 2.71. The highest BCUT2D eigenvalue weighted by atomic mass is 16.5. The lowest BCUT2D eigenvalue weighted by atomic mass is 10.00. The molecule has 0 spiro atoms. The normalized spacial score (nSPS) is 13.2. The molecule has 0 saturated carbocycles. The maximum Gasteiger partial charge on any atom is 0.0666 e. The van der Waals surface area contributed by atoms with Crippen molar-refractivity contribution in [3.05, 3.63) is 17.0 Å². The summed E-state index contributed by atoms with van der Waals surface area (Å²) < 4.78 is 7.77. The maximum atomic E-state index is 6.14. The zero-order valence-corrected chi connectivity index (χ0v) is 13.8. The SMILES string of the molecule is CCc1nn(CCOC(C)C)c(CC)c1CC(N)CC. The second-order valence-electron chi connectivity index (χ2n) is 5.59. The molecule has 0 amide bonds. The topological polar surface area (TPSA) is 53.1 Å². The minimum atomic E-state index is 0.232. The van der Waals surface area contributed by atoms with Crippen molar-refractivity contribution in [2.24, 2.45) is 5.73 Å². The molecular weight excluding hydrogens is 250 g/mol. The van der Waals surface area contributed by atoms with Gasteiger partial charge in [0.1, 0.15) is 0 Å². The van der Waals surface area contributed by atoms with Gasteiger partial charge in [-0.15, -0.1) is 0 Å². The molecular formula is C16H31N3O. The molecule has 1 rings (SSSR count). The lowest BCUT2D eigenvalue weighted by Gasteiger charge is -2.12. The maximum absolute atomic E-state index is 6.14. The zero-order valence-electron chi connectivity index (χ0n) is 13.8. The van der Waals surface area contributed by atoms with Crippen molar-refractivity contribution in [3.63, 3.8) is 0 Å². The van der Waals surface area contributed by atoms with Crippen molar-refractivity contribution in [3.8, 4) is 0 Å². The summed E-state index contributed by atoms with van der Waals surface area (Å²) in [4.78, 5) is 0. The van der Waals surface area contributed by atoms with Crippen LogP contribution in [0.25, 0.3) is 0 Å². The third-order valence-corrected chi connectivity index (χ3v) is 3.66. The lowest BCUT2D eigenvalue weighted by Crippen LogP contribution is -2.22. The van der Waals surface area contributed by atoms with Gasteiger partial charge in [-0.3, -0.25) is 4.68 Å². The highest BCUT2D eigenvalue weighted by Gasteiger charge is 2.17. The van der Waals surface area contributed by atoms with E-state index in [1.807, 2.05) is 0 Å². The Hall–Kier alpha value is -0.870. The fourth-order valence-electron chi connectivity index (χ4n) is 2.47. The highest BCUT2D eigenvalue weighted by Crippen LogP contribution is 2.18. The molecule has 4 heteroatoms. The molecule has 1 aromatic rings. The monoisotopic (exact) mass is 281 g/mol. The number of aryl methyl sites for hydroxylation is 1. The second kappa shape index (κ2) is 8.42. The molecule has 0 aliphatic carbocycles. The number of ether oxygens (including phenoxy) is 1. The van der Waals surface area contributed by atoms with Crippen molar-refractivity contribution in [2.75, 3.05) is 6.61 Å². The number of nitrogens with two attached hydrogens (primary N) is 1. The van der Waals surface area contributed by atoms with Crippen LogP contribution in [0.4, 0.5) is 0 Å². The molecule has 0 fully saturated rings. The van der Waals surface area contributed by atoms with Gasteiger partial charge in [0.05, 0.1) is 24.9 Å². The third kappa shape index (κ3) is 4.60. The molecule has 0 aliphatic rings. The first-order valence-corrected chi connectivity index (χ1v) is 7.97. The van der Waals surface area contributed by atoms with Gasteiger partial charge in [0.2, 0.25) is 0 Å². The van der Waals surface area contributed by atoms with Crippen molar-refractivity contribution < 1.29 is 4.74 Å². The molecule has 116 valence electrons. The van der Waals surface area contributed by atoms with Gasteiger partial charge in [-0.05, 0) is 45.1 Å². The molecule has 1 unspecified atom stereocenters. The van der Waals surface area contributed by atoms with E-state index < -0.39 is 0 Å². The zero-order chi connectivity index (χ0) is 15.1. The average molecular weight is 281 g/mol. The van der Waals surface area contributed by atoms with E-state index in [4.69, 9.17) is 15.6 Å². The summed E-state index contributed by atoms with van der Waals surface area (Å²) in [6, 6.07) is 0.232. The molecule has 20 heavy (non-hydrogen) atoms. The predicted molar refractivity (Wildman–Crippen MR) is 84.0 cm³/mol. The van der Waals surface area contributed by atoms with E-state index >= 15 is 0 Å². The Morgan fingerprint density at radius 1 is 1.20 bits per heavy atom. The largest absolute Gasteiger partial charge is 0.377 e. The fourth-order valence-corrected chi connectivity index (χ4v) is 2.47. The van der Waals surface area contributed by atoms with E-state index in [1.54, 1.807) is 0 Å². The van der Waals surface area contributed by atoms with Crippen LogP contribution >= 0.6 is 0 Å². The molecule has 0 saturated heterocycles. The summed E-state index contributed by atoms with van der Waals surface area (Å²) >= 11 is 0. The van der Waals surface area contributed by atoms with Gasteiger partial charge in [0.15, 0.2) is 0 Å². The van der Waals surface area contributed by atoms with E-state index in [0.29, 0.717) is 0 Å². The number of nitrogens with zero attached hydrogens (tertiary/aromatic N) is 2. The number of aromatic nitrogens is 2. The summed E-state index contributed by atoms with van der Waals surface area (Å²) in [5.41, 5.74) is 10.0. The molecule has 1 atom stereocenters. The molecule has 1 heterocycles. The van der Waals surface area contributed by atoms with Crippen LogP contribution in [-0.2, 0) is 30.5 Å². The van der Waals surface area contributed by atoms with E-state index in [0.717, 1.165) is 38.8 Å². The average Bonchev–Trinajstić information content (AvgIpc) is 2.75. The van der Waals surface area contributed by atoms with Gasteiger partial charge in [0, 0.05) is 11.7 Å². The molecule has 0 aliphatic heterocycles. The fraction of sp³-hybridized carbons (Fsp3) is 0.812. The first-order chi connectivity index (χ1) is 9.53. The van der Waals surface area contributed by atoms with Crippen molar-refractivity contribution in [1.29, 1.82) is 0 Å². The van der Waals surface area contributed by atoms with Crippen molar-refractivity contribution in [1.82, 2.24) is 9.78 Å². The Labute approximate surface area is 123 Å². The third-order valence-electron chi connectivity index (χ3n) is 3.66. The lowest BCUT2D eigenvalue weighted by molar-refractivity contribution is 0.0705. The minimum Gasteiger partial charge on any atom is -0.377 e. The standard InChI is InChI=1S/C16H31N3O/c1-6-13(17)11-14-15(7-2)18-19(16(14)8-3)9-10-20-12(4)5/h12-13H,6-11,17H2,1-5H3. The van der Waals surface area contributed by atoms with Gasteiger partial charge in [-0.1, -0.05) is 20.8 Å². The highest BCUT2D eigenvalue weighted by molar-refractivity contribution is 5.28. The Morgan fingerprint density at radius 3 is 2.40 bits per heavy atom. The Kier molecular flexibility index (Phi) is 7.24. The van der Waals surface area contributed by atoms with E-state index in [-0.39, 0.29) is 12.1 Å². The minimum absolute atomic E-state index is 0.232. The van der Waals surface area contributed by atoms with Gasteiger partial charge < -0.3 is 10.5 Å². The molecule has 4 nitrogen and oxygen atoms in total. The van der Waals surface area contributed by atoms with Crippen LogP contribution in [0, 0.1) is 0 Å². The van der Waals surface area contributed by atoms with Crippen molar-refractivity contribution >= 4 is 0 Å². The van der Waals surface area contributed by atoms with E-state index in [1.165, 1.54) is 17.0 Å². The molecule has 0 bridgehead atoms. The number of hydrogen-bond acceptors (Lipinski definition) is 3. The summed E-state index contributed by atoms with van der Waals surface area (Å²) in [5.74, 6) is 0. The quantitative estimate of drug-likeness (QED) is 0.757. The molecule has 1 aromatic heterocycles. The first kappa shape index (κ1) is 17.2. The van der Waals surface area contributed by atoms with E-state index in [2.05, 4.69) is 39.3 Å². The molecule has 2 N–H and O–H groups in total. The molecule has 0 radical (unpaired) electrons. The Bertz CT molecular complexity index is 399. The van der Waals surface area contributed by atoms with Crippen LogP contribution in [0.3, 0.4) is 0 Å². The summed E-state index contributed by atoms with van der Waals surface area (Å²) in [7, 11) is 0. The second-order valence-corrected chi connectivity index (χ2v) is 5.59. The van der Waals surface area contributed by atoms with Crippen LogP contribution in [0.15, 0.2) is 0 Å². The summed E-state index contributed by atoms with van der Waals surface area (Å²) in [6.07, 6.45) is 4.19. The van der Waals surface area contributed by atoms with Crippen LogP contribution < -0.4 is 5.73 Å². The summed E-state index contributed by atoms with van der Waals surface area (Å²) in [6.45, 7) is 12.2.